The van der Waals surface area contributed by atoms with Gasteiger partial charge in [0.05, 0.1) is 15.2 Å². The summed E-state index contributed by atoms with van der Waals surface area (Å²) in [6.45, 7) is 2.16. The topological polar surface area (TPSA) is 25.8 Å². The van der Waals surface area contributed by atoms with Gasteiger partial charge in [0.25, 0.3) is 0 Å². The van der Waals surface area contributed by atoms with Gasteiger partial charge in [-0.05, 0) is 12.8 Å². The minimum atomic E-state index is 0.871. The lowest BCUT2D eigenvalue weighted by Gasteiger charge is -1.89. The Balaban J connectivity index is 2.55. The number of thiazole rings is 1. The van der Waals surface area contributed by atoms with E-state index >= 15 is 0 Å². The van der Waals surface area contributed by atoms with Gasteiger partial charge in [-0.1, -0.05) is 6.92 Å². The van der Waals surface area contributed by atoms with Gasteiger partial charge in [-0.2, -0.15) is 0 Å². The summed E-state index contributed by atoms with van der Waals surface area (Å²) in [5, 5.41) is 1.18. The van der Waals surface area contributed by atoms with Crippen molar-refractivity contribution in [2.75, 3.05) is 0 Å². The summed E-state index contributed by atoms with van der Waals surface area (Å²) in [4.78, 5) is 9.46. The Bertz CT molecular complexity index is 422. The maximum atomic E-state index is 4.50. The number of aromatic nitrogens is 2. The molecule has 0 atom stereocenters. The highest BCUT2D eigenvalue weighted by Gasteiger charge is 2.05. The van der Waals surface area contributed by atoms with Gasteiger partial charge in [-0.15, -0.1) is 24.0 Å². The van der Waals surface area contributed by atoms with Gasteiger partial charge < -0.3 is 0 Å². The Hall–Kier alpha value is -0.610. The number of hydrogen-bond donors (Lipinski definition) is 1. The molecular weight excluding hydrogens is 200 g/mol. The van der Waals surface area contributed by atoms with E-state index in [9.17, 15) is 0 Å². The molecule has 0 aliphatic heterocycles. The van der Waals surface area contributed by atoms with Crippen molar-refractivity contribution in [3.05, 3.63) is 17.4 Å². The Morgan fingerprint density at radius 2 is 2.31 bits per heavy atom. The SMILES string of the molecule is CCCc1nc2c(S)cncc2s1. The highest BCUT2D eigenvalue weighted by molar-refractivity contribution is 7.80. The molecule has 0 aromatic carbocycles. The van der Waals surface area contributed by atoms with E-state index in [4.69, 9.17) is 0 Å². The Kier molecular flexibility index (Phi) is 2.51. The Morgan fingerprint density at radius 1 is 1.46 bits per heavy atom. The molecule has 2 heterocycles. The Labute approximate surface area is 86.4 Å². The zero-order chi connectivity index (χ0) is 9.26. The summed E-state index contributed by atoms with van der Waals surface area (Å²) in [5.41, 5.74) is 0.992. The average molecular weight is 210 g/mol. The molecule has 2 aromatic heterocycles. The first kappa shape index (κ1) is 8.97. The quantitative estimate of drug-likeness (QED) is 0.771. The maximum absolute atomic E-state index is 4.50. The van der Waals surface area contributed by atoms with Crippen LogP contribution in [0.25, 0.3) is 10.2 Å². The molecule has 2 nitrogen and oxygen atoms in total. The monoisotopic (exact) mass is 210 g/mol. The highest BCUT2D eigenvalue weighted by atomic mass is 32.1. The lowest BCUT2D eigenvalue weighted by Crippen LogP contribution is -1.79. The molecule has 0 saturated heterocycles. The van der Waals surface area contributed by atoms with E-state index in [0.717, 1.165) is 28.0 Å². The summed E-state index contributed by atoms with van der Waals surface area (Å²) in [7, 11) is 0. The predicted molar refractivity (Wildman–Crippen MR) is 58.7 cm³/mol. The first-order chi connectivity index (χ1) is 6.31. The molecule has 0 N–H and O–H groups in total. The van der Waals surface area contributed by atoms with E-state index in [2.05, 4.69) is 29.5 Å². The van der Waals surface area contributed by atoms with Crippen molar-refractivity contribution in [3.8, 4) is 0 Å². The van der Waals surface area contributed by atoms with E-state index in [1.165, 1.54) is 5.01 Å². The molecule has 0 radical (unpaired) electrons. The lowest BCUT2D eigenvalue weighted by atomic mass is 10.3. The largest absolute Gasteiger partial charge is 0.262 e. The van der Waals surface area contributed by atoms with Gasteiger partial charge in [0, 0.05) is 17.3 Å². The molecule has 0 saturated carbocycles. The van der Waals surface area contributed by atoms with E-state index in [-0.39, 0.29) is 0 Å². The number of thiol groups is 1. The third-order valence-corrected chi connectivity index (χ3v) is 3.17. The molecule has 0 spiro atoms. The fourth-order valence-corrected chi connectivity index (χ4v) is 2.58. The molecule has 2 rings (SSSR count). The average Bonchev–Trinajstić information content (AvgIpc) is 2.49. The van der Waals surface area contributed by atoms with Crippen molar-refractivity contribution in [2.24, 2.45) is 0 Å². The van der Waals surface area contributed by atoms with Crippen LogP contribution in [0.2, 0.25) is 0 Å². The van der Waals surface area contributed by atoms with Crippen molar-refractivity contribution in [1.29, 1.82) is 0 Å². The van der Waals surface area contributed by atoms with Crippen LogP contribution < -0.4 is 0 Å². The summed E-state index contributed by atoms with van der Waals surface area (Å²) in [5.74, 6) is 0. The molecule has 4 heteroatoms. The second-order valence-corrected chi connectivity index (χ2v) is 4.46. The first-order valence-corrected chi connectivity index (χ1v) is 5.50. The highest BCUT2D eigenvalue weighted by Crippen LogP contribution is 2.26. The van der Waals surface area contributed by atoms with Crippen LogP contribution in [0.15, 0.2) is 17.3 Å². The molecule has 0 aliphatic carbocycles. The fourth-order valence-electron chi connectivity index (χ4n) is 1.21. The van der Waals surface area contributed by atoms with Crippen molar-refractivity contribution < 1.29 is 0 Å². The second-order valence-electron chi connectivity index (χ2n) is 2.86. The van der Waals surface area contributed by atoms with Gasteiger partial charge in [-0.25, -0.2) is 4.98 Å². The van der Waals surface area contributed by atoms with Crippen LogP contribution in [0.5, 0.6) is 0 Å². The summed E-state index contributed by atoms with van der Waals surface area (Å²) < 4.78 is 1.14. The molecule has 0 aliphatic rings. The van der Waals surface area contributed by atoms with E-state index in [1.807, 2.05) is 6.20 Å². The molecule has 2 aromatic rings. The molecule has 0 amide bonds. The predicted octanol–water partition coefficient (Wildman–Crippen LogP) is 2.93. The van der Waals surface area contributed by atoms with Crippen LogP contribution in [-0.2, 0) is 6.42 Å². The van der Waals surface area contributed by atoms with Crippen LogP contribution in [0.1, 0.15) is 18.4 Å². The number of rotatable bonds is 2. The number of aryl methyl sites for hydroxylation is 1. The smallest absolute Gasteiger partial charge is 0.0979 e. The normalized spacial score (nSPS) is 10.9. The molecule has 68 valence electrons. The van der Waals surface area contributed by atoms with Gasteiger partial charge in [0.15, 0.2) is 0 Å². The lowest BCUT2D eigenvalue weighted by molar-refractivity contribution is 0.912. The van der Waals surface area contributed by atoms with Gasteiger partial charge >= 0.3 is 0 Å². The first-order valence-electron chi connectivity index (χ1n) is 4.23. The van der Waals surface area contributed by atoms with Gasteiger partial charge in [-0.3, -0.25) is 4.98 Å². The number of fused-ring (bicyclic) bond motifs is 1. The third-order valence-electron chi connectivity index (χ3n) is 1.79. The summed E-state index contributed by atoms with van der Waals surface area (Å²) >= 11 is 6.03. The number of pyridine rings is 1. The zero-order valence-electron chi connectivity index (χ0n) is 7.32. The number of hydrogen-bond acceptors (Lipinski definition) is 4. The third kappa shape index (κ3) is 1.69. The molecule has 0 bridgehead atoms. The minimum Gasteiger partial charge on any atom is -0.262 e. The van der Waals surface area contributed by atoms with Crippen molar-refractivity contribution in [3.63, 3.8) is 0 Å². The van der Waals surface area contributed by atoms with E-state index in [1.54, 1.807) is 17.5 Å². The summed E-state index contributed by atoms with van der Waals surface area (Å²) in [6.07, 6.45) is 5.77. The van der Waals surface area contributed by atoms with Crippen molar-refractivity contribution >= 4 is 34.2 Å². The van der Waals surface area contributed by atoms with Crippen LogP contribution >= 0.6 is 24.0 Å². The second kappa shape index (κ2) is 3.64. The summed E-state index contributed by atoms with van der Waals surface area (Å²) in [6, 6.07) is 0. The fraction of sp³-hybridized carbons (Fsp3) is 0.333. The van der Waals surface area contributed by atoms with Crippen molar-refractivity contribution in [1.82, 2.24) is 9.97 Å². The van der Waals surface area contributed by atoms with Gasteiger partial charge in [0.1, 0.15) is 0 Å². The molecule has 0 fully saturated rings. The molecular formula is C9H10N2S2. The van der Waals surface area contributed by atoms with Crippen LogP contribution in [0.3, 0.4) is 0 Å². The Morgan fingerprint density at radius 3 is 3.00 bits per heavy atom. The minimum absolute atomic E-state index is 0.871. The standard InChI is InChI=1S/C9H10N2S2/c1-2-3-8-11-9-6(12)4-10-5-7(9)13-8/h4-5,12H,2-3H2,1H3. The van der Waals surface area contributed by atoms with Crippen LogP contribution in [-0.4, -0.2) is 9.97 Å². The van der Waals surface area contributed by atoms with E-state index < -0.39 is 0 Å². The van der Waals surface area contributed by atoms with Crippen LogP contribution in [0.4, 0.5) is 0 Å². The van der Waals surface area contributed by atoms with E-state index in [0.29, 0.717) is 0 Å². The zero-order valence-corrected chi connectivity index (χ0v) is 9.03. The molecule has 13 heavy (non-hydrogen) atoms. The van der Waals surface area contributed by atoms with Crippen molar-refractivity contribution in [2.45, 2.75) is 24.7 Å². The van der Waals surface area contributed by atoms with Gasteiger partial charge in [0.2, 0.25) is 0 Å². The maximum Gasteiger partial charge on any atom is 0.0979 e. The number of nitrogens with zero attached hydrogens (tertiary/aromatic N) is 2. The van der Waals surface area contributed by atoms with Crippen LogP contribution in [0, 0.1) is 0 Å². The molecule has 0 unspecified atom stereocenters.